The minimum Gasteiger partial charge on any atom is -0.366 e. The van der Waals surface area contributed by atoms with E-state index < -0.39 is 0 Å². The van der Waals surface area contributed by atoms with Gasteiger partial charge in [0.05, 0.1) is 11.0 Å². The van der Waals surface area contributed by atoms with E-state index in [2.05, 4.69) is 20.1 Å². The van der Waals surface area contributed by atoms with Gasteiger partial charge in [0.2, 0.25) is 11.9 Å². The number of rotatable bonds is 1. The van der Waals surface area contributed by atoms with Crippen LogP contribution in [-0.4, -0.2) is 24.7 Å². The number of aryl methyl sites for hydroxylation is 1. The molecule has 3 rings (SSSR count). The second-order valence-corrected chi connectivity index (χ2v) is 3.51. The van der Waals surface area contributed by atoms with Crippen molar-refractivity contribution in [3.05, 3.63) is 30.1 Å². The Kier molecular flexibility index (Phi) is 1.70. The van der Waals surface area contributed by atoms with E-state index >= 15 is 0 Å². The van der Waals surface area contributed by atoms with Gasteiger partial charge in [0.1, 0.15) is 5.82 Å². The molecule has 0 fully saturated rings. The molecule has 80 valence electrons. The molecule has 6 heteroatoms. The van der Waals surface area contributed by atoms with Crippen molar-refractivity contribution < 1.29 is 0 Å². The molecule has 3 N–H and O–H groups in total. The third-order valence-electron chi connectivity index (χ3n) is 2.36. The zero-order valence-corrected chi connectivity index (χ0v) is 8.68. The standard InChI is InChI=1S/C10H10N6/c1-6-12-9(11)15-16(6)10-13-7-4-2-3-5-8(7)14-10/h2-5H,1H3,(H2,11,15)(H,13,14). The molecule has 0 radical (unpaired) electrons. The largest absolute Gasteiger partial charge is 0.366 e. The van der Waals surface area contributed by atoms with Gasteiger partial charge in [0.25, 0.3) is 0 Å². The van der Waals surface area contributed by atoms with Gasteiger partial charge in [0.15, 0.2) is 0 Å². The Balaban J connectivity index is 2.22. The molecule has 0 atom stereocenters. The number of fused-ring (bicyclic) bond motifs is 1. The molecule has 0 bridgehead atoms. The SMILES string of the molecule is Cc1nc(N)nn1-c1nc2ccccc2[nH]1. The number of hydrogen-bond acceptors (Lipinski definition) is 4. The summed E-state index contributed by atoms with van der Waals surface area (Å²) in [6.07, 6.45) is 0. The lowest BCUT2D eigenvalue weighted by atomic mass is 10.3. The topological polar surface area (TPSA) is 85.4 Å². The normalized spacial score (nSPS) is 11.1. The van der Waals surface area contributed by atoms with E-state index in [1.807, 2.05) is 31.2 Å². The third kappa shape index (κ3) is 1.23. The molecular weight excluding hydrogens is 204 g/mol. The van der Waals surface area contributed by atoms with Gasteiger partial charge < -0.3 is 10.7 Å². The summed E-state index contributed by atoms with van der Waals surface area (Å²) in [5.74, 6) is 1.58. The number of H-pyrrole nitrogens is 1. The first-order valence-corrected chi connectivity index (χ1v) is 4.88. The van der Waals surface area contributed by atoms with Crippen LogP contribution in [0.5, 0.6) is 0 Å². The first kappa shape index (κ1) is 8.90. The highest BCUT2D eigenvalue weighted by molar-refractivity contribution is 5.75. The maximum absolute atomic E-state index is 5.53. The van der Waals surface area contributed by atoms with E-state index in [0.29, 0.717) is 11.8 Å². The van der Waals surface area contributed by atoms with E-state index in [9.17, 15) is 0 Å². The van der Waals surface area contributed by atoms with E-state index in [1.165, 1.54) is 0 Å². The van der Waals surface area contributed by atoms with Gasteiger partial charge in [-0.25, -0.2) is 4.98 Å². The highest BCUT2D eigenvalue weighted by atomic mass is 15.4. The summed E-state index contributed by atoms with van der Waals surface area (Å²) in [6, 6.07) is 7.79. The number of hydrogen-bond donors (Lipinski definition) is 2. The molecule has 0 aliphatic heterocycles. The Morgan fingerprint density at radius 3 is 2.75 bits per heavy atom. The average Bonchev–Trinajstić information content (AvgIpc) is 2.81. The van der Waals surface area contributed by atoms with Crippen molar-refractivity contribution in [2.45, 2.75) is 6.92 Å². The van der Waals surface area contributed by atoms with Gasteiger partial charge in [-0.05, 0) is 19.1 Å². The molecule has 2 aromatic heterocycles. The highest BCUT2D eigenvalue weighted by Gasteiger charge is 2.09. The predicted octanol–water partition coefficient (Wildman–Crippen LogP) is 1.03. The molecule has 6 nitrogen and oxygen atoms in total. The summed E-state index contributed by atoms with van der Waals surface area (Å²) in [5, 5.41) is 4.07. The summed E-state index contributed by atoms with van der Waals surface area (Å²) in [4.78, 5) is 11.6. The van der Waals surface area contributed by atoms with Crippen molar-refractivity contribution >= 4 is 17.0 Å². The molecule has 0 unspecified atom stereocenters. The van der Waals surface area contributed by atoms with Crippen LogP contribution in [0.4, 0.5) is 5.95 Å². The van der Waals surface area contributed by atoms with Crippen LogP contribution in [0.3, 0.4) is 0 Å². The summed E-state index contributed by atoms with van der Waals surface area (Å²) in [6.45, 7) is 1.83. The minimum atomic E-state index is 0.248. The number of anilines is 1. The fourth-order valence-corrected chi connectivity index (χ4v) is 1.65. The molecule has 16 heavy (non-hydrogen) atoms. The van der Waals surface area contributed by atoms with Crippen LogP contribution in [-0.2, 0) is 0 Å². The molecule has 1 aromatic carbocycles. The molecule has 0 saturated carbocycles. The first-order chi connectivity index (χ1) is 7.74. The monoisotopic (exact) mass is 214 g/mol. The van der Waals surface area contributed by atoms with Crippen LogP contribution in [0, 0.1) is 6.92 Å². The van der Waals surface area contributed by atoms with E-state index in [-0.39, 0.29) is 5.95 Å². The second-order valence-electron chi connectivity index (χ2n) is 3.51. The Labute approximate surface area is 91.1 Å². The summed E-state index contributed by atoms with van der Waals surface area (Å²) in [5.41, 5.74) is 7.38. The second kappa shape index (κ2) is 3.06. The third-order valence-corrected chi connectivity index (χ3v) is 2.36. The molecule has 0 amide bonds. The van der Waals surface area contributed by atoms with Gasteiger partial charge in [-0.2, -0.15) is 9.67 Å². The van der Waals surface area contributed by atoms with Crippen molar-refractivity contribution in [2.75, 3.05) is 5.73 Å². The Morgan fingerprint density at radius 2 is 2.06 bits per heavy atom. The lowest BCUT2D eigenvalue weighted by Crippen LogP contribution is -2.01. The Morgan fingerprint density at radius 1 is 1.25 bits per heavy atom. The number of nitrogens with zero attached hydrogens (tertiary/aromatic N) is 4. The molecule has 0 aliphatic rings. The number of para-hydroxylation sites is 2. The maximum Gasteiger partial charge on any atom is 0.240 e. The lowest BCUT2D eigenvalue weighted by molar-refractivity contribution is 0.797. The molecular formula is C10H10N6. The Bertz CT molecular complexity index is 617. The zero-order chi connectivity index (χ0) is 11.1. The van der Waals surface area contributed by atoms with Crippen molar-refractivity contribution in [2.24, 2.45) is 0 Å². The minimum absolute atomic E-state index is 0.248. The van der Waals surface area contributed by atoms with Gasteiger partial charge in [-0.1, -0.05) is 12.1 Å². The van der Waals surface area contributed by atoms with Crippen LogP contribution in [0.2, 0.25) is 0 Å². The lowest BCUT2D eigenvalue weighted by Gasteiger charge is -1.94. The van der Waals surface area contributed by atoms with Crippen LogP contribution >= 0.6 is 0 Å². The molecule has 0 aliphatic carbocycles. The average molecular weight is 214 g/mol. The van der Waals surface area contributed by atoms with E-state index in [1.54, 1.807) is 4.68 Å². The molecule has 0 spiro atoms. The summed E-state index contributed by atoms with van der Waals surface area (Å²) < 4.78 is 1.59. The molecule has 2 heterocycles. The van der Waals surface area contributed by atoms with Crippen molar-refractivity contribution in [1.29, 1.82) is 0 Å². The van der Waals surface area contributed by atoms with Crippen LogP contribution in [0.25, 0.3) is 17.0 Å². The van der Waals surface area contributed by atoms with E-state index in [4.69, 9.17) is 5.73 Å². The number of nitrogen functional groups attached to an aromatic ring is 1. The zero-order valence-electron chi connectivity index (χ0n) is 8.68. The maximum atomic E-state index is 5.53. The fraction of sp³-hybridized carbons (Fsp3) is 0.100. The number of aromatic nitrogens is 5. The van der Waals surface area contributed by atoms with Gasteiger partial charge in [0, 0.05) is 0 Å². The first-order valence-electron chi connectivity index (χ1n) is 4.88. The molecule has 0 saturated heterocycles. The van der Waals surface area contributed by atoms with Gasteiger partial charge >= 0.3 is 0 Å². The summed E-state index contributed by atoms with van der Waals surface area (Å²) >= 11 is 0. The molecule has 3 aromatic rings. The van der Waals surface area contributed by atoms with Crippen LogP contribution in [0.15, 0.2) is 24.3 Å². The number of nitrogens with one attached hydrogen (secondary N) is 1. The number of benzene rings is 1. The van der Waals surface area contributed by atoms with Crippen molar-refractivity contribution in [3.63, 3.8) is 0 Å². The van der Waals surface area contributed by atoms with E-state index in [0.717, 1.165) is 11.0 Å². The van der Waals surface area contributed by atoms with Crippen LogP contribution < -0.4 is 5.73 Å². The van der Waals surface area contributed by atoms with Crippen LogP contribution in [0.1, 0.15) is 5.82 Å². The number of nitrogens with two attached hydrogens (primary N) is 1. The number of aromatic amines is 1. The van der Waals surface area contributed by atoms with Crippen molar-refractivity contribution in [1.82, 2.24) is 24.7 Å². The predicted molar refractivity (Wildman–Crippen MR) is 60.2 cm³/mol. The Hall–Kier alpha value is -2.37. The smallest absolute Gasteiger partial charge is 0.240 e. The highest BCUT2D eigenvalue weighted by Crippen LogP contribution is 2.13. The number of imidazole rings is 1. The quantitative estimate of drug-likeness (QED) is 0.633. The van der Waals surface area contributed by atoms with Gasteiger partial charge in [-0.15, -0.1) is 5.10 Å². The van der Waals surface area contributed by atoms with Crippen molar-refractivity contribution in [3.8, 4) is 5.95 Å². The van der Waals surface area contributed by atoms with Gasteiger partial charge in [-0.3, -0.25) is 0 Å². The summed E-state index contributed by atoms with van der Waals surface area (Å²) in [7, 11) is 0. The fourth-order valence-electron chi connectivity index (χ4n) is 1.65.